The van der Waals surface area contributed by atoms with Crippen molar-refractivity contribution in [2.75, 3.05) is 5.73 Å². The third kappa shape index (κ3) is 2.49. The van der Waals surface area contributed by atoms with Gasteiger partial charge in [-0.1, -0.05) is 22.9 Å². The van der Waals surface area contributed by atoms with Gasteiger partial charge in [0.2, 0.25) is 5.78 Å². The Labute approximate surface area is 119 Å². The lowest BCUT2D eigenvalue weighted by Crippen LogP contribution is -2.04. The van der Waals surface area contributed by atoms with Crippen molar-refractivity contribution in [2.24, 2.45) is 0 Å². The first-order chi connectivity index (χ1) is 8.52. The fraction of sp³-hybridized carbons (Fsp3) is 0.214. The van der Waals surface area contributed by atoms with E-state index >= 15 is 0 Å². The van der Waals surface area contributed by atoms with Gasteiger partial charge in [0.05, 0.1) is 4.88 Å². The Morgan fingerprint density at radius 2 is 2.11 bits per heavy atom. The maximum Gasteiger partial charge on any atom is 0.203 e. The Hall–Kier alpha value is -1.13. The van der Waals surface area contributed by atoms with E-state index in [0.717, 1.165) is 21.3 Å². The highest BCUT2D eigenvalue weighted by molar-refractivity contribution is 9.10. The number of hydrogen-bond acceptors (Lipinski definition) is 3. The normalized spacial score (nSPS) is 10.6. The SMILES string of the molecule is CCc1ccc(C(=O)c2cc(Br)cc(N)c2C)s1. The third-order valence-electron chi connectivity index (χ3n) is 2.89. The summed E-state index contributed by atoms with van der Waals surface area (Å²) in [5.74, 6) is 0.0465. The number of anilines is 1. The van der Waals surface area contributed by atoms with E-state index in [0.29, 0.717) is 11.3 Å². The molecule has 2 nitrogen and oxygen atoms in total. The number of nitrogen functional groups attached to an aromatic ring is 1. The molecule has 0 aliphatic rings. The van der Waals surface area contributed by atoms with Crippen molar-refractivity contribution in [3.8, 4) is 0 Å². The lowest BCUT2D eigenvalue weighted by Gasteiger charge is -2.07. The lowest BCUT2D eigenvalue weighted by atomic mass is 10.0. The molecule has 0 amide bonds. The van der Waals surface area contributed by atoms with Crippen LogP contribution in [0.1, 0.15) is 32.6 Å². The smallest absolute Gasteiger partial charge is 0.203 e. The Balaban J connectivity index is 2.45. The maximum atomic E-state index is 12.4. The zero-order valence-corrected chi connectivity index (χ0v) is 12.7. The van der Waals surface area contributed by atoms with Gasteiger partial charge in [-0.3, -0.25) is 4.79 Å². The molecule has 0 saturated heterocycles. The van der Waals surface area contributed by atoms with Crippen LogP contribution in [0.3, 0.4) is 0 Å². The van der Waals surface area contributed by atoms with Crippen LogP contribution in [-0.2, 0) is 6.42 Å². The van der Waals surface area contributed by atoms with Gasteiger partial charge in [-0.05, 0) is 43.2 Å². The summed E-state index contributed by atoms with van der Waals surface area (Å²) in [5.41, 5.74) is 8.04. The molecule has 18 heavy (non-hydrogen) atoms. The molecule has 94 valence electrons. The van der Waals surface area contributed by atoms with Gasteiger partial charge in [0.25, 0.3) is 0 Å². The van der Waals surface area contributed by atoms with E-state index in [1.54, 1.807) is 11.3 Å². The van der Waals surface area contributed by atoms with Gasteiger partial charge < -0.3 is 5.73 Å². The van der Waals surface area contributed by atoms with Gasteiger partial charge >= 0.3 is 0 Å². The van der Waals surface area contributed by atoms with Crippen LogP contribution in [0.25, 0.3) is 0 Å². The van der Waals surface area contributed by atoms with E-state index in [1.807, 2.05) is 31.2 Å². The molecule has 4 heteroatoms. The third-order valence-corrected chi connectivity index (χ3v) is 4.58. The number of hydrogen-bond donors (Lipinski definition) is 1. The van der Waals surface area contributed by atoms with Crippen LogP contribution in [0.2, 0.25) is 0 Å². The second kappa shape index (κ2) is 5.24. The molecule has 1 aromatic carbocycles. The van der Waals surface area contributed by atoms with Gasteiger partial charge in [-0.2, -0.15) is 0 Å². The molecule has 0 aliphatic carbocycles. The Bertz CT molecular complexity index is 604. The predicted octanol–water partition coefficient (Wildman–Crippen LogP) is 4.19. The Morgan fingerprint density at radius 1 is 1.39 bits per heavy atom. The second-order valence-electron chi connectivity index (χ2n) is 4.12. The fourth-order valence-electron chi connectivity index (χ4n) is 1.76. The highest BCUT2D eigenvalue weighted by Crippen LogP contribution is 2.27. The average Bonchev–Trinajstić information content (AvgIpc) is 2.81. The van der Waals surface area contributed by atoms with Gasteiger partial charge in [-0.25, -0.2) is 0 Å². The summed E-state index contributed by atoms with van der Waals surface area (Å²) in [7, 11) is 0. The number of thiophene rings is 1. The van der Waals surface area contributed by atoms with Crippen LogP contribution in [0, 0.1) is 6.92 Å². The number of nitrogens with two attached hydrogens (primary N) is 1. The molecule has 0 aliphatic heterocycles. The van der Waals surface area contributed by atoms with Gasteiger partial charge in [0.1, 0.15) is 0 Å². The molecule has 0 atom stereocenters. The quantitative estimate of drug-likeness (QED) is 0.679. The van der Waals surface area contributed by atoms with Gasteiger partial charge in [0, 0.05) is 20.6 Å². The Morgan fingerprint density at radius 3 is 2.72 bits per heavy atom. The second-order valence-corrected chi connectivity index (χ2v) is 6.20. The molecule has 1 heterocycles. The molecule has 2 aromatic rings. The number of rotatable bonds is 3. The number of carbonyl (C=O) groups excluding carboxylic acids is 1. The van der Waals surface area contributed by atoms with Crippen LogP contribution in [-0.4, -0.2) is 5.78 Å². The standard InChI is InChI=1S/C14H14BrNOS/c1-3-10-4-5-13(18-10)14(17)11-6-9(15)7-12(16)8(11)2/h4-7H,3,16H2,1-2H3. The van der Waals surface area contributed by atoms with Crippen LogP contribution in [0.5, 0.6) is 0 Å². The van der Waals surface area contributed by atoms with E-state index in [-0.39, 0.29) is 5.78 Å². The van der Waals surface area contributed by atoms with E-state index in [4.69, 9.17) is 5.73 Å². The van der Waals surface area contributed by atoms with E-state index < -0.39 is 0 Å². The minimum atomic E-state index is 0.0465. The maximum absolute atomic E-state index is 12.4. The first-order valence-electron chi connectivity index (χ1n) is 5.72. The average molecular weight is 324 g/mol. The van der Waals surface area contributed by atoms with Crippen molar-refractivity contribution >= 4 is 38.7 Å². The van der Waals surface area contributed by atoms with Crippen molar-refractivity contribution in [3.63, 3.8) is 0 Å². The van der Waals surface area contributed by atoms with E-state index in [2.05, 4.69) is 22.9 Å². The number of aryl methyl sites for hydroxylation is 1. The summed E-state index contributed by atoms with van der Waals surface area (Å²) in [6.07, 6.45) is 0.956. The molecule has 2 N–H and O–H groups in total. The number of ketones is 1. The monoisotopic (exact) mass is 323 g/mol. The summed E-state index contributed by atoms with van der Waals surface area (Å²) in [6.45, 7) is 3.96. The molecular weight excluding hydrogens is 310 g/mol. The summed E-state index contributed by atoms with van der Waals surface area (Å²) in [5, 5.41) is 0. The Kier molecular flexibility index (Phi) is 3.88. The van der Waals surface area contributed by atoms with Crippen molar-refractivity contribution in [1.82, 2.24) is 0 Å². The van der Waals surface area contributed by atoms with E-state index in [9.17, 15) is 4.79 Å². The van der Waals surface area contributed by atoms with Crippen molar-refractivity contribution in [1.29, 1.82) is 0 Å². The molecule has 0 unspecified atom stereocenters. The molecule has 0 fully saturated rings. The summed E-state index contributed by atoms with van der Waals surface area (Å²) in [4.78, 5) is 14.4. The molecule has 0 bridgehead atoms. The van der Waals surface area contributed by atoms with Crippen LogP contribution in [0.15, 0.2) is 28.7 Å². The van der Waals surface area contributed by atoms with Gasteiger partial charge in [0.15, 0.2) is 0 Å². The number of carbonyl (C=O) groups is 1. The first-order valence-corrected chi connectivity index (χ1v) is 7.33. The fourth-order valence-corrected chi connectivity index (χ4v) is 3.14. The minimum absolute atomic E-state index is 0.0465. The number of benzene rings is 1. The van der Waals surface area contributed by atoms with Crippen LogP contribution >= 0.6 is 27.3 Å². The van der Waals surface area contributed by atoms with Crippen molar-refractivity contribution < 1.29 is 4.79 Å². The highest BCUT2D eigenvalue weighted by atomic mass is 79.9. The van der Waals surface area contributed by atoms with E-state index in [1.165, 1.54) is 4.88 Å². The largest absolute Gasteiger partial charge is 0.398 e. The summed E-state index contributed by atoms with van der Waals surface area (Å²) < 4.78 is 0.834. The highest BCUT2D eigenvalue weighted by Gasteiger charge is 2.16. The number of halogens is 1. The van der Waals surface area contributed by atoms with Crippen molar-refractivity contribution in [3.05, 3.63) is 49.6 Å². The molecule has 0 radical (unpaired) electrons. The predicted molar refractivity (Wildman–Crippen MR) is 80.4 cm³/mol. The topological polar surface area (TPSA) is 43.1 Å². The zero-order chi connectivity index (χ0) is 13.3. The lowest BCUT2D eigenvalue weighted by molar-refractivity contribution is 0.104. The summed E-state index contributed by atoms with van der Waals surface area (Å²) in [6, 6.07) is 7.55. The molecule has 0 spiro atoms. The first kappa shape index (κ1) is 13.3. The molecule has 2 rings (SSSR count). The van der Waals surface area contributed by atoms with Crippen LogP contribution in [0.4, 0.5) is 5.69 Å². The minimum Gasteiger partial charge on any atom is -0.398 e. The molecule has 0 saturated carbocycles. The van der Waals surface area contributed by atoms with Gasteiger partial charge in [-0.15, -0.1) is 11.3 Å². The van der Waals surface area contributed by atoms with Crippen molar-refractivity contribution in [2.45, 2.75) is 20.3 Å². The summed E-state index contributed by atoms with van der Waals surface area (Å²) >= 11 is 4.93. The zero-order valence-electron chi connectivity index (χ0n) is 10.3. The molecular formula is C14H14BrNOS. The molecule has 1 aromatic heterocycles. The van der Waals surface area contributed by atoms with Crippen LogP contribution < -0.4 is 5.73 Å².